The number of ether oxygens (including phenoxy) is 2. The van der Waals surface area contributed by atoms with Crippen LogP contribution in [0, 0.1) is 11.3 Å². The third kappa shape index (κ3) is 1.15. The average Bonchev–Trinajstić information content (AvgIpc) is 2.60. The van der Waals surface area contributed by atoms with E-state index in [1.165, 1.54) is 0 Å². The van der Waals surface area contributed by atoms with Crippen molar-refractivity contribution in [2.45, 2.75) is 36.6 Å². The van der Waals surface area contributed by atoms with Crippen molar-refractivity contribution in [3.05, 3.63) is 0 Å². The first-order chi connectivity index (χ1) is 6.59. The van der Waals surface area contributed by atoms with Crippen LogP contribution in [0.5, 0.6) is 0 Å². The van der Waals surface area contributed by atoms with Gasteiger partial charge in [-0.1, -0.05) is 0 Å². The normalized spacial score (nSPS) is 51.6. The van der Waals surface area contributed by atoms with Crippen LogP contribution in [-0.2, 0) is 9.47 Å². The van der Waals surface area contributed by atoms with Gasteiger partial charge in [0.25, 0.3) is 0 Å². The molecule has 2 bridgehead atoms. The van der Waals surface area contributed by atoms with Crippen LogP contribution in [0.15, 0.2) is 0 Å². The monoisotopic (exact) mass is 200 g/mol. The summed E-state index contributed by atoms with van der Waals surface area (Å²) in [4.78, 5) is 0. The molecule has 0 unspecified atom stereocenters. The molecule has 14 heavy (non-hydrogen) atoms. The Kier molecular flexibility index (Phi) is 2.21. The molecule has 0 amide bonds. The fraction of sp³-hybridized carbons (Fsp3) is 0.875. The topological polar surface area (TPSA) is 109 Å². The van der Waals surface area contributed by atoms with Crippen LogP contribution in [0.1, 0.15) is 6.42 Å². The third-order valence-electron chi connectivity index (χ3n) is 2.83. The zero-order chi connectivity index (χ0) is 10.3. The Labute approximate surface area is 80.8 Å². The van der Waals surface area contributed by atoms with Gasteiger partial charge in [0, 0.05) is 0 Å². The SMILES string of the molecule is N#CC[C@]1(N)[C@H](O)[C@@H]2OC[C@@H](O2)[C@H]1O. The van der Waals surface area contributed by atoms with Gasteiger partial charge >= 0.3 is 0 Å². The summed E-state index contributed by atoms with van der Waals surface area (Å²) in [5, 5.41) is 28.1. The molecule has 0 aromatic rings. The molecule has 0 saturated carbocycles. The van der Waals surface area contributed by atoms with Crippen molar-refractivity contribution >= 4 is 0 Å². The second kappa shape index (κ2) is 3.15. The van der Waals surface area contributed by atoms with Gasteiger partial charge in [-0.15, -0.1) is 0 Å². The zero-order valence-electron chi connectivity index (χ0n) is 7.46. The van der Waals surface area contributed by atoms with Crippen LogP contribution >= 0.6 is 0 Å². The van der Waals surface area contributed by atoms with Gasteiger partial charge < -0.3 is 25.4 Å². The second-order valence-electron chi connectivity index (χ2n) is 3.71. The summed E-state index contributed by atoms with van der Waals surface area (Å²) in [7, 11) is 0. The highest BCUT2D eigenvalue weighted by Gasteiger charge is 2.57. The van der Waals surface area contributed by atoms with Crippen molar-refractivity contribution in [3.63, 3.8) is 0 Å². The Balaban J connectivity index is 2.27. The average molecular weight is 200 g/mol. The summed E-state index contributed by atoms with van der Waals surface area (Å²) in [5.41, 5.74) is 4.45. The first kappa shape index (κ1) is 9.83. The lowest BCUT2D eigenvalue weighted by molar-refractivity contribution is -0.215. The minimum absolute atomic E-state index is 0.130. The number of hydrogen-bond acceptors (Lipinski definition) is 6. The first-order valence-electron chi connectivity index (χ1n) is 4.38. The lowest BCUT2D eigenvalue weighted by Crippen LogP contribution is -2.68. The molecule has 2 saturated heterocycles. The van der Waals surface area contributed by atoms with Crippen LogP contribution in [0.2, 0.25) is 0 Å². The minimum Gasteiger partial charge on any atom is -0.388 e. The van der Waals surface area contributed by atoms with E-state index in [9.17, 15) is 10.2 Å². The molecule has 6 nitrogen and oxygen atoms in total. The molecule has 2 fully saturated rings. The lowest BCUT2D eigenvalue weighted by atomic mass is 9.80. The van der Waals surface area contributed by atoms with Crippen LogP contribution in [0.3, 0.4) is 0 Å². The summed E-state index contributed by atoms with van der Waals surface area (Å²) in [6.07, 6.45) is -3.73. The van der Waals surface area contributed by atoms with Gasteiger partial charge in [-0.05, 0) is 0 Å². The van der Waals surface area contributed by atoms with Gasteiger partial charge in [0.2, 0.25) is 0 Å². The number of aliphatic hydroxyl groups excluding tert-OH is 2. The Morgan fingerprint density at radius 2 is 2.21 bits per heavy atom. The molecule has 2 aliphatic rings. The Hall–Kier alpha value is -0.710. The molecule has 5 atom stereocenters. The van der Waals surface area contributed by atoms with E-state index in [2.05, 4.69) is 0 Å². The van der Waals surface area contributed by atoms with E-state index in [0.717, 1.165) is 0 Å². The minimum atomic E-state index is -1.35. The number of rotatable bonds is 1. The highest BCUT2D eigenvalue weighted by Crippen LogP contribution is 2.35. The molecule has 0 aromatic carbocycles. The van der Waals surface area contributed by atoms with Gasteiger partial charge in [-0.25, -0.2) is 0 Å². The van der Waals surface area contributed by atoms with E-state index in [1.54, 1.807) is 0 Å². The molecular weight excluding hydrogens is 188 g/mol. The fourth-order valence-electron chi connectivity index (χ4n) is 1.89. The predicted octanol–water partition coefficient (Wildman–Crippen LogP) is -1.93. The molecule has 78 valence electrons. The molecule has 2 heterocycles. The van der Waals surface area contributed by atoms with Crippen molar-refractivity contribution in [1.82, 2.24) is 0 Å². The molecule has 2 rings (SSSR count). The summed E-state index contributed by atoms with van der Waals surface area (Å²) in [6.45, 7) is 0.202. The largest absolute Gasteiger partial charge is 0.388 e. The Morgan fingerprint density at radius 1 is 1.50 bits per heavy atom. The van der Waals surface area contributed by atoms with Crippen LogP contribution in [-0.4, -0.2) is 47.0 Å². The van der Waals surface area contributed by atoms with Gasteiger partial charge in [-0.2, -0.15) is 5.26 Å². The van der Waals surface area contributed by atoms with Crippen LogP contribution in [0.4, 0.5) is 0 Å². The fourth-order valence-corrected chi connectivity index (χ4v) is 1.89. The highest BCUT2D eigenvalue weighted by molar-refractivity contribution is 5.11. The van der Waals surface area contributed by atoms with Crippen molar-refractivity contribution < 1.29 is 19.7 Å². The van der Waals surface area contributed by atoms with Crippen molar-refractivity contribution in [2.24, 2.45) is 5.73 Å². The van der Waals surface area contributed by atoms with E-state index in [-0.39, 0.29) is 13.0 Å². The number of nitrogens with zero attached hydrogens (tertiary/aromatic N) is 1. The van der Waals surface area contributed by atoms with E-state index >= 15 is 0 Å². The number of nitrogens with two attached hydrogens (primary N) is 1. The second-order valence-corrected chi connectivity index (χ2v) is 3.71. The molecule has 0 aliphatic carbocycles. The summed E-state index contributed by atoms with van der Waals surface area (Å²) in [5.74, 6) is 0. The maximum absolute atomic E-state index is 9.78. The molecule has 0 spiro atoms. The Bertz CT molecular complexity index is 261. The van der Waals surface area contributed by atoms with Gasteiger partial charge in [0.15, 0.2) is 6.29 Å². The highest BCUT2D eigenvalue weighted by atomic mass is 16.7. The molecule has 4 N–H and O–H groups in total. The lowest BCUT2D eigenvalue weighted by Gasteiger charge is -2.42. The van der Waals surface area contributed by atoms with Crippen LogP contribution < -0.4 is 5.73 Å². The summed E-state index contributed by atoms with van der Waals surface area (Å²) in [6, 6.07) is 1.85. The van der Waals surface area contributed by atoms with Gasteiger partial charge in [-0.3, -0.25) is 0 Å². The Morgan fingerprint density at radius 3 is 2.86 bits per heavy atom. The number of fused-ring (bicyclic) bond motifs is 2. The standard InChI is InChI=1S/C8H12N2O4/c9-2-1-8(10)5(11)4-3-13-7(14-4)6(8)12/h4-7,11-12H,1,3,10H2/t4-,5-,6-,7-,8-/m1/s1. The first-order valence-corrected chi connectivity index (χ1v) is 4.38. The maximum Gasteiger partial charge on any atom is 0.186 e. The molecule has 0 radical (unpaired) electrons. The van der Waals surface area contributed by atoms with E-state index in [4.69, 9.17) is 20.5 Å². The van der Waals surface area contributed by atoms with Gasteiger partial charge in [0.05, 0.1) is 24.6 Å². The van der Waals surface area contributed by atoms with E-state index in [0.29, 0.717) is 0 Å². The summed E-state index contributed by atoms with van der Waals surface area (Å²) >= 11 is 0. The van der Waals surface area contributed by atoms with Gasteiger partial charge in [0.1, 0.15) is 18.3 Å². The molecular formula is C8H12N2O4. The summed E-state index contributed by atoms with van der Waals surface area (Å²) < 4.78 is 10.2. The predicted molar refractivity (Wildman–Crippen MR) is 43.8 cm³/mol. The quantitative estimate of drug-likeness (QED) is 0.455. The molecule has 0 aromatic heterocycles. The van der Waals surface area contributed by atoms with Crippen LogP contribution in [0.25, 0.3) is 0 Å². The third-order valence-corrected chi connectivity index (χ3v) is 2.83. The number of nitriles is 1. The van der Waals surface area contributed by atoms with Crippen molar-refractivity contribution in [2.75, 3.05) is 6.61 Å². The van der Waals surface area contributed by atoms with Crippen molar-refractivity contribution in [1.29, 1.82) is 5.26 Å². The number of hydrogen-bond donors (Lipinski definition) is 3. The molecule has 2 aliphatic heterocycles. The zero-order valence-corrected chi connectivity index (χ0v) is 7.46. The smallest absolute Gasteiger partial charge is 0.186 e. The maximum atomic E-state index is 9.78. The van der Waals surface area contributed by atoms with E-state index < -0.39 is 30.1 Å². The number of aliphatic hydroxyl groups is 2. The van der Waals surface area contributed by atoms with Crippen molar-refractivity contribution in [3.8, 4) is 6.07 Å². The van der Waals surface area contributed by atoms with E-state index in [1.807, 2.05) is 6.07 Å². The molecule has 6 heteroatoms.